The molecule has 0 atom stereocenters. The highest BCUT2D eigenvalue weighted by Gasteiger charge is 2.20. The van der Waals surface area contributed by atoms with E-state index in [2.05, 4.69) is 36.5 Å². The molecule has 0 radical (unpaired) electrons. The van der Waals surface area contributed by atoms with E-state index in [1.165, 1.54) is 44.1 Å². The first-order valence-corrected chi connectivity index (χ1v) is 9.43. The van der Waals surface area contributed by atoms with E-state index in [9.17, 15) is 4.79 Å². The Labute approximate surface area is 146 Å². The third kappa shape index (κ3) is 6.03. The van der Waals surface area contributed by atoms with Gasteiger partial charge in [-0.2, -0.15) is 0 Å². The molecule has 1 amide bonds. The number of allylic oxidation sites excluding steroid dienone is 2. The van der Waals surface area contributed by atoms with Crippen LogP contribution in [0.2, 0.25) is 0 Å². The molecule has 1 aliphatic carbocycles. The molecule has 1 aliphatic rings. The van der Waals surface area contributed by atoms with E-state index in [4.69, 9.17) is 4.74 Å². The minimum atomic E-state index is -0.371. The lowest BCUT2D eigenvalue weighted by Gasteiger charge is -2.27. The summed E-state index contributed by atoms with van der Waals surface area (Å²) in [5, 5.41) is 2.77. The van der Waals surface area contributed by atoms with Crippen molar-refractivity contribution in [3.05, 3.63) is 42.0 Å². The van der Waals surface area contributed by atoms with Crippen molar-refractivity contribution in [1.29, 1.82) is 0 Å². The molecule has 1 N–H and O–H groups in total. The van der Waals surface area contributed by atoms with E-state index in [0.717, 1.165) is 18.0 Å². The van der Waals surface area contributed by atoms with Crippen LogP contribution in [0.3, 0.4) is 0 Å². The highest BCUT2D eigenvalue weighted by atomic mass is 16.5. The number of carbonyl (C=O) groups is 1. The first-order chi connectivity index (χ1) is 11.7. The van der Waals surface area contributed by atoms with Crippen LogP contribution in [0.1, 0.15) is 70.3 Å². The molecule has 2 rings (SSSR count). The Hall–Kier alpha value is -1.77. The van der Waals surface area contributed by atoms with Crippen LogP contribution in [0.4, 0.5) is 10.5 Å². The molecule has 0 unspecified atom stereocenters. The molecular weight excluding hydrogens is 298 g/mol. The second-order valence-electron chi connectivity index (χ2n) is 6.71. The summed E-state index contributed by atoms with van der Waals surface area (Å²) in [6.45, 7) is 4.67. The Kier molecular flexibility index (Phi) is 7.87. The van der Waals surface area contributed by atoms with Crippen LogP contribution < -0.4 is 5.32 Å². The number of amides is 1. The topological polar surface area (TPSA) is 38.3 Å². The van der Waals surface area contributed by atoms with Gasteiger partial charge in [0, 0.05) is 5.69 Å². The second kappa shape index (κ2) is 10.2. The lowest BCUT2D eigenvalue weighted by atomic mass is 9.78. The maximum absolute atomic E-state index is 11.6. The number of ether oxygens (including phenoxy) is 1. The average Bonchev–Trinajstić information content (AvgIpc) is 2.61. The third-order valence-corrected chi connectivity index (χ3v) is 4.70. The largest absolute Gasteiger partial charge is 0.449 e. The molecule has 0 aromatic heterocycles. The van der Waals surface area contributed by atoms with Crippen molar-refractivity contribution < 1.29 is 9.53 Å². The average molecular weight is 329 g/mol. The van der Waals surface area contributed by atoms with E-state index in [1.807, 2.05) is 19.1 Å². The van der Waals surface area contributed by atoms with E-state index in [0.29, 0.717) is 12.5 Å². The number of anilines is 1. The van der Waals surface area contributed by atoms with Gasteiger partial charge in [-0.25, -0.2) is 4.79 Å². The molecule has 24 heavy (non-hydrogen) atoms. The highest BCUT2D eigenvalue weighted by Crippen LogP contribution is 2.36. The Morgan fingerprint density at radius 2 is 1.83 bits per heavy atom. The molecule has 3 heteroatoms. The van der Waals surface area contributed by atoms with Gasteiger partial charge in [0.15, 0.2) is 0 Å². The standard InChI is InChI=1S/C21H31NO2/c1-3-5-6-7-17-8-10-18(11-9-17)19-12-14-20(15-13-19)22-21(23)24-16-4-2/h6-7,12-15,17-18H,3-5,8-11,16H2,1-2H3,(H,22,23). The molecule has 1 aromatic carbocycles. The van der Waals surface area contributed by atoms with Gasteiger partial charge in [-0.15, -0.1) is 0 Å². The zero-order chi connectivity index (χ0) is 17.2. The fraction of sp³-hybridized carbons (Fsp3) is 0.571. The van der Waals surface area contributed by atoms with Crippen molar-refractivity contribution in [2.24, 2.45) is 5.92 Å². The number of benzene rings is 1. The minimum Gasteiger partial charge on any atom is -0.449 e. The maximum atomic E-state index is 11.6. The fourth-order valence-electron chi connectivity index (χ4n) is 3.29. The van der Waals surface area contributed by atoms with Crippen molar-refractivity contribution in [2.45, 2.75) is 64.7 Å². The van der Waals surface area contributed by atoms with Crippen molar-refractivity contribution in [1.82, 2.24) is 0 Å². The van der Waals surface area contributed by atoms with Crippen LogP contribution in [0.5, 0.6) is 0 Å². The summed E-state index contributed by atoms with van der Waals surface area (Å²) in [7, 11) is 0. The molecular formula is C21H31NO2. The Morgan fingerprint density at radius 1 is 1.12 bits per heavy atom. The van der Waals surface area contributed by atoms with Gasteiger partial charge >= 0.3 is 6.09 Å². The summed E-state index contributed by atoms with van der Waals surface area (Å²) in [6, 6.07) is 8.26. The highest BCUT2D eigenvalue weighted by molar-refractivity contribution is 5.84. The minimum absolute atomic E-state index is 0.371. The smallest absolute Gasteiger partial charge is 0.411 e. The second-order valence-corrected chi connectivity index (χ2v) is 6.71. The van der Waals surface area contributed by atoms with Gasteiger partial charge < -0.3 is 4.74 Å². The van der Waals surface area contributed by atoms with Gasteiger partial charge in [0.2, 0.25) is 0 Å². The molecule has 0 saturated heterocycles. The quantitative estimate of drug-likeness (QED) is 0.598. The van der Waals surface area contributed by atoms with Crippen molar-refractivity contribution in [2.75, 3.05) is 11.9 Å². The summed E-state index contributed by atoms with van der Waals surface area (Å²) in [4.78, 5) is 11.6. The van der Waals surface area contributed by atoms with Crippen LogP contribution >= 0.6 is 0 Å². The molecule has 0 spiro atoms. The van der Waals surface area contributed by atoms with Crippen LogP contribution in [0.25, 0.3) is 0 Å². The molecule has 0 heterocycles. The molecule has 1 aromatic rings. The Bertz CT molecular complexity index is 513. The Morgan fingerprint density at radius 3 is 2.46 bits per heavy atom. The van der Waals surface area contributed by atoms with Gasteiger partial charge in [-0.3, -0.25) is 5.32 Å². The van der Waals surface area contributed by atoms with Gasteiger partial charge in [-0.1, -0.05) is 44.6 Å². The van der Waals surface area contributed by atoms with Gasteiger partial charge in [0.1, 0.15) is 0 Å². The molecule has 0 bridgehead atoms. The molecule has 132 valence electrons. The van der Waals surface area contributed by atoms with E-state index < -0.39 is 0 Å². The number of hydrogen-bond acceptors (Lipinski definition) is 2. The first kappa shape index (κ1) is 18.6. The normalized spacial score (nSPS) is 20.9. The fourth-order valence-corrected chi connectivity index (χ4v) is 3.29. The maximum Gasteiger partial charge on any atom is 0.411 e. The Balaban J connectivity index is 1.80. The number of nitrogens with one attached hydrogen (secondary N) is 1. The lowest BCUT2D eigenvalue weighted by molar-refractivity contribution is 0.161. The molecule has 0 aliphatic heterocycles. The zero-order valence-electron chi connectivity index (χ0n) is 15.1. The first-order valence-electron chi connectivity index (χ1n) is 9.43. The van der Waals surface area contributed by atoms with E-state index in [1.54, 1.807) is 0 Å². The molecule has 1 fully saturated rings. The summed E-state index contributed by atoms with van der Waals surface area (Å²) in [6.07, 6.45) is 12.8. The molecule has 3 nitrogen and oxygen atoms in total. The predicted octanol–water partition coefficient (Wildman–Crippen LogP) is 6.28. The third-order valence-electron chi connectivity index (χ3n) is 4.70. The van der Waals surface area contributed by atoms with Gasteiger partial charge in [0.25, 0.3) is 0 Å². The van der Waals surface area contributed by atoms with Crippen molar-refractivity contribution in [3.8, 4) is 0 Å². The number of carbonyl (C=O) groups excluding carboxylic acids is 1. The summed E-state index contributed by atoms with van der Waals surface area (Å²) in [5.41, 5.74) is 2.19. The number of hydrogen-bond donors (Lipinski definition) is 1. The van der Waals surface area contributed by atoms with E-state index in [-0.39, 0.29) is 6.09 Å². The summed E-state index contributed by atoms with van der Waals surface area (Å²) < 4.78 is 5.04. The van der Waals surface area contributed by atoms with Crippen LogP contribution in [-0.4, -0.2) is 12.7 Å². The van der Waals surface area contributed by atoms with Crippen molar-refractivity contribution in [3.63, 3.8) is 0 Å². The van der Waals surface area contributed by atoms with Gasteiger partial charge in [0.05, 0.1) is 6.61 Å². The van der Waals surface area contributed by atoms with Crippen LogP contribution in [0.15, 0.2) is 36.4 Å². The van der Waals surface area contributed by atoms with Crippen LogP contribution in [0, 0.1) is 5.92 Å². The predicted molar refractivity (Wildman–Crippen MR) is 100 cm³/mol. The van der Waals surface area contributed by atoms with E-state index >= 15 is 0 Å². The summed E-state index contributed by atoms with van der Waals surface area (Å²) >= 11 is 0. The lowest BCUT2D eigenvalue weighted by Crippen LogP contribution is -2.14. The van der Waals surface area contributed by atoms with Crippen LogP contribution in [-0.2, 0) is 4.74 Å². The summed E-state index contributed by atoms with van der Waals surface area (Å²) in [5.74, 6) is 1.42. The number of rotatable bonds is 7. The monoisotopic (exact) mass is 329 g/mol. The molecule has 1 saturated carbocycles. The number of unbranched alkanes of at least 4 members (excludes halogenated alkanes) is 1. The SMILES string of the molecule is CCCC=CC1CCC(c2ccc(NC(=O)OCCC)cc2)CC1. The van der Waals surface area contributed by atoms with Crippen molar-refractivity contribution >= 4 is 11.8 Å². The van der Waals surface area contributed by atoms with Gasteiger partial charge in [-0.05, 0) is 68.1 Å². The zero-order valence-corrected chi connectivity index (χ0v) is 15.1.